The average Bonchev–Trinajstić information content (AvgIpc) is 3.13. The van der Waals surface area contributed by atoms with Crippen molar-refractivity contribution in [1.29, 1.82) is 0 Å². The van der Waals surface area contributed by atoms with Crippen LogP contribution >= 0.6 is 0 Å². The van der Waals surface area contributed by atoms with Crippen molar-refractivity contribution >= 4 is 38.9 Å². The summed E-state index contributed by atoms with van der Waals surface area (Å²) in [6, 6.07) is 11.7. The summed E-state index contributed by atoms with van der Waals surface area (Å²) in [5.74, 6) is -0.831. The number of carbonyl (C=O) groups is 2. The van der Waals surface area contributed by atoms with Gasteiger partial charge >= 0.3 is 0 Å². The quantitative estimate of drug-likeness (QED) is 0.739. The van der Waals surface area contributed by atoms with Crippen LogP contribution in [0.3, 0.4) is 0 Å². The van der Waals surface area contributed by atoms with Gasteiger partial charge in [-0.15, -0.1) is 0 Å². The Bertz CT molecular complexity index is 1110. The van der Waals surface area contributed by atoms with Crippen LogP contribution in [0, 0.1) is 0 Å². The van der Waals surface area contributed by atoms with Gasteiger partial charge in [0.25, 0.3) is 5.91 Å². The largest absolute Gasteiger partial charge is 0.370 e. The maximum atomic E-state index is 13.0. The Morgan fingerprint density at radius 2 is 1.68 bits per heavy atom. The van der Waals surface area contributed by atoms with Crippen molar-refractivity contribution in [2.45, 2.75) is 25.7 Å². The minimum Gasteiger partial charge on any atom is -0.370 e. The van der Waals surface area contributed by atoms with E-state index in [-0.39, 0.29) is 11.7 Å². The number of benzene rings is 2. The second kappa shape index (κ2) is 8.58. The monoisotopic (exact) mass is 442 g/mol. The molecule has 9 heteroatoms. The molecule has 2 aromatic carbocycles. The molecule has 8 nitrogen and oxygen atoms in total. The fourth-order valence-corrected chi connectivity index (χ4v) is 5.68. The third-order valence-electron chi connectivity index (χ3n) is 5.72. The molecule has 0 atom stereocenters. The molecular formula is C22H26N4O4S. The Morgan fingerprint density at radius 1 is 0.903 bits per heavy atom. The van der Waals surface area contributed by atoms with Gasteiger partial charge in [0.1, 0.15) is 0 Å². The smallest absolute Gasteiger partial charge is 0.255 e. The number of nitrogens with two attached hydrogens (primary N) is 1. The molecule has 2 aromatic rings. The first-order valence-corrected chi connectivity index (χ1v) is 12.1. The van der Waals surface area contributed by atoms with Gasteiger partial charge in [-0.2, -0.15) is 0 Å². The van der Waals surface area contributed by atoms with Gasteiger partial charge < -0.3 is 16.0 Å². The van der Waals surface area contributed by atoms with Crippen LogP contribution in [0.4, 0.5) is 17.1 Å². The zero-order chi connectivity index (χ0) is 22.0. The van der Waals surface area contributed by atoms with E-state index in [0.717, 1.165) is 31.6 Å². The summed E-state index contributed by atoms with van der Waals surface area (Å²) in [7, 11) is -3.33. The summed E-state index contributed by atoms with van der Waals surface area (Å²) in [5, 5.41) is 2.90. The normalized spacial score (nSPS) is 18.1. The molecular weight excluding hydrogens is 416 g/mol. The van der Waals surface area contributed by atoms with Crippen LogP contribution in [0.5, 0.6) is 0 Å². The number of nitrogens with one attached hydrogen (secondary N) is 1. The van der Waals surface area contributed by atoms with E-state index in [2.05, 4.69) is 10.2 Å². The van der Waals surface area contributed by atoms with Crippen LogP contribution in [0.15, 0.2) is 42.5 Å². The van der Waals surface area contributed by atoms with Crippen LogP contribution in [0.25, 0.3) is 0 Å². The van der Waals surface area contributed by atoms with Crippen LogP contribution in [0.2, 0.25) is 0 Å². The molecule has 2 heterocycles. The van der Waals surface area contributed by atoms with Crippen LogP contribution in [0.1, 0.15) is 46.4 Å². The van der Waals surface area contributed by atoms with Crippen molar-refractivity contribution in [3.05, 3.63) is 53.6 Å². The Hall–Kier alpha value is -3.07. The number of nitrogens with zero attached hydrogens (tertiary/aromatic N) is 2. The van der Waals surface area contributed by atoms with Crippen LogP contribution in [-0.4, -0.2) is 45.6 Å². The fraction of sp³-hybridized carbons (Fsp3) is 0.364. The Labute approximate surface area is 182 Å². The second-order valence-electron chi connectivity index (χ2n) is 7.89. The van der Waals surface area contributed by atoms with Crippen molar-refractivity contribution in [2.75, 3.05) is 39.9 Å². The predicted octanol–water partition coefficient (Wildman–Crippen LogP) is 2.57. The lowest BCUT2D eigenvalue weighted by atomic mass is 10.1. The molecule has 0 aliphatic carbocycles. The van der Waals surface area contributed by atoms with Gasteiger partial charge in [0, 0.05) is 30.8 Å². The van der Waals surface area contributed by atoms with E-state index in [0.29, 0.717) is 35.5 Å². The molecule has 4 rings (SSSR count). The van der Waals surface area contributed by atoms with Crippen molar-refractivity contribution in [3.63, 3.8) is 0 Å². The van der Waals surface area contributed by atoms with Crippen LogP contribution < -0.4 is 20.3 Å². The Balaban J connectivity index is 1.63. The lowest BCUT2D eigenvalue weighted by molar-refractivity contribution is 0.0996. The highest BCUT2D eigenvalue weighted by Crippen LogP contribution is 2.31. The zero-order valence-electron chi connectivity index (χ0n) is 17.2. The number of piperidine rings is 1. The van der Waals surface area contributed by atoms with Gasteiger partial charge in [-0.05, 0) is 62.1 Å². The van der Waals surface area contributed by atoms with Crippen molar-refractivity contribution < 1.29 is 18.0 Å². The third-order valence-corrected chi connectivity index (χ3v) is 7.59. The molecule has 164 valence electrons. The van der Waals surface area contributed by atoms with Crippen molar-refractivity contribution in [3.8, 4) is 0 Å². The summed E-state index contributed by atoms with van der Waals surface area (Å²) in [6.45, 7) is 2.16. The number of hydrogen-bond donors (Lipinski definition) is 2. The molecule has 2 amide bonds. The first-order chi connectivity index (χ1) is 14.8. The van der Waals surface area contributed by atoms with Gasteiger partial charge in [0.2, 0.25) is 15.9 Å². The highest BCUT2D eigenvalue weighted by atomic mass is 32.2. The molecule has 31 heavy (non-hydrogen) atoms. The van der Waals surface area contributed by atoms with Crippen LogP contribution in [-0.2, 0) is 10.0 Å². The SMILES string of the molecule is NC(=O)c1ccc(N2CCCCC2)c(NC(=O)c2cccc(N3CCCS3(=O)=O)c2)c1. The fourth-order valence-electron chi connectivity index (χ4n) is 4.13. The second-order valence-corrected chi connectivity index (χ2v) is 9.90. The third kappa shape index (κ3) is 4.51. The van der Waals surface area contributed by atoms with Gasteiger partial charge in [-0.3, -0.25) is 13.9 Å². The minimum atomic E-state index is -3.33. The number of carbonyl (C=O) groups excluding carboxylic acids is 2. The Morgan fingerprint density at radius 3 is 2.35 bits per heavy atom. The predicted molar refractivity (Wildman–Crippen MR) is 121 cm³/mol. The van der Waals surface area contributed by atoms with Crippen molar-refractivity contribution in [1.82, 2.24) is 0 Å². The lowest BCUT2D eigenvalue weighted by Gasteiger charge is -2.30. The summed E-state index contributed by atoms with van der Waals surface area (Å²) >= 11 is 0. The molecule has 0 unspecified atom stereocenters. The van der Waals surface area contributed by atoms with Crippen molar-refractivity contribution in [2.24, 2.45) is 5.73 Å². The van der Waals surface area contributed by atoms with Gasteiger partial charge in [-0.25, -0.2) is 8.42 Å². The highest BCUT2D eigenvalue weighted by Gasteiger charge is 2.29. The molecule has 0 spiro atoms. The number of rotatable bonds is 5. The van der Waals surface area contributed by atoms with E-state index in [9.17, 15) is 18.0 Å². The zero-order valence-corrected chi connectivity index (χ0v) is 18.0. The lowest BCUT2D eigenvalue weighted by Crippen LogP contribution is -2.30. The van der Waals surface area contributed by atoms with E-state index >= 15 is 0 Å². The number of hydrogen-bond acceptors (Lipinski definition) is 5. The number of anilines is 3. The Kier molecular flexibility index (Phi) is 5.86. The topological polar surface area (TPSA) is 113 Å². The molecule has 0 saturated carbocycles. The van der Waals surface area contributed by atoms with E-state index in [1.165, 1.54) is 10.7 Å². The van der Waals surface area contributed by atoms with Gasteiger partial charge in [0.05, 0.1) is 22.8 Å². The van der Waals surface area contributed by atoms with E-state index in [1.54, 1.807) is 36.4 Å². The average molecular weight is 443 g/mol. The van der Waals surface area contributed by atoms with Gasteiger partial charge in [-0.1, -0.05) is 6.07 Å². The molecule has 3 N–H and O–H groups in total. The first-order valence-electron chi connectivity index (χ1n) is 10.5. The van der Waals surface area contributed by atoms with Gasteiger partial charge in [0.15, 0.2) is 0 Å². The molecule has 2 aliphatic heterocycles. The number of sulfonamides is 1. The maximum absolute atomic E-state index is 13.0. The first kappa shape index (κ1) is 21.2. The summed E-state index contributed by atoms with van der Waals surface area (Å²) < 4.78 is 25.8. The molecule has 2 fully saturated rings. The van der Waals surface area contributed by atoms with E-state index < -0.39 is 15.9 Å². The molecule has 0 aromatic heterocycles. The van der Waals surface area contributed by atoms with E-state index in [1.807, 2.05) is 6.07 Å². The van der Waals surface area contributed by atoms with E-state index in [4.69, 9.17) is 5.73 Å². The molecule has 2 aliphatic rings. The summed E-state index contributed by atoms with van der Waals surface area (Å²) in [6.07, 6.45) is 3.87. The highest BCUT2D eigenvalue weighted by molar-refractivity contribution is 7.93. The molecule has 0 radical (unpaired) electrons. The summed E-state index contributed by atoms with van der Waals surface area (Å²) in [5.41, 5.74) is 7.93. The maximum Gasteiger partial charge on any atom is 0.255 e. The number of primary amides is 1. The number of amides is 2. The standard InChI is InChI=1S/C22H26N4O4S/c23-21(27)16-8-9-20(25-10-2-1-3-11-25)19(15-16)24-22(28)17-6-4-7-18(14-17)26-12-5-13-31(26,29)30/h4,6-9,14-15H,1-3,5,10-13H2,(H2,23,27)(H,24,28). The minimum absolute atomic E-state index is 0.114. The molecule has 0 bridgehead atoms. The summed E-state index contributed by atoms with van der Waals surface area (Å²) in [4.78, 5) is 26.9. The molecule has 2 saturated heterocycles.